The van der Waals surface area contributed by atoms with E-state index in [9.17, 15) is 4.79 Å². The number of hydrogen-bond acceptors (Lipinski definition) is 3. The summed E-state index contributed by atoms with van der Waals surface area (Å²) in [7, 11) is 0. The lowest BCUT2D eigenvalue weighted by Crippen LogP contribution is -2.39. The maximum absolute atomic E-state index is 12.8. The molecule has 122 valence electrons. The number of carbonyl (C=O) groups excluding carboxylic acids is 1. The minimum atomic E-state index is -0.0292. The molecule has 4 rings (SSSR count). The van der Waals surface area contributed by atoms with Crippen molar-refractivity contribution in [3.63, 3.8) is 0 Å². The molecule has 1 saturated carbocycles. The van der Waals surface area contributed by atoms with E-state index in [1.165, 1.54) is 5.56 Å². The fraction of sp³-hybridized carbons (Fsp3) is 0.300. The number of nitrogens with zero attached hydrogens (tertiary/aromatic N) is 1. The largest absolute Gasteiger partial charge is 0.326 e. The molecule has 0 aromatic heterocycles. The molecule has 1 aliphatic heterocycles. The average molecular weight is 319 g/mol. The predicted octanol–water partition coefficient (Wildman–Crippen LogP) is 3.52. The van der Waals surface area contributed by atoms with E-state index in [2.05, 4.69) is 41.6 Å². The lowest BCUT2D eigenvalue weighted by Gasteiger charge is -2.18. The maximum atomic E-state index is 12.8. The van der Waals surface area contributed by atoms with Gasteiger partial charge in [-0.25, -0.2) is 4.99 Å². The molecule has 2 atom stereocenters. The number of hydrogen-bond donors (Lipinski definition) is 2. The van der Waals surface area contributed by atoms with Crippen molar-refractivity contribution < 1.29 is 4.79 Å². The number of fused-ring (bicyclic) bond motifs is 1. The van der Waals surface area contributed by atoms with Gasteiger partial charge in [-0.15, -0.1) is 0 Å². The molecule has 0 bridgehead atoms. The van der Waals surface area contributed by atoms with Gasteiger partial charge in [0, 0.05) is 11.6 Å². The van der Waals surface area contributed by atoms with Crippen molar-refractivity contribution in [1.82, 2.24) is 5.32 Å². The molecular formula is C20H21N3O. The lowest BCUT2D eigenvalue weighted by atomic mass is 10.0. The first-order valence-corrected chi connectivity index (χ1v) is 8.32. The van der Waals surface area contributed by atoms with Gasteiger partial charge in [0.2, 0.25) is 11.9 Å². The molecule has 1 amide bonds. The number of nitrogens with one attached hydrogen (secondary N) is 2. The molecule has 4 nitrogen and oxygen atoms in total. The van der Waals surface area contributed by atoms with Crippen molar-refractivity contribution in [2.45, 2.75) is 26.3 Å². The van der Waals surface area contributed by atoms with Crippen LogP contribution in [0.3, 0.4) is 0 Å². The van der Waals surface area contributed by atoms with E-state index >= 15 is 0 Å². The molecule has 0 radical (unpaired) electrons. The number of aliphatic imine (C=N–C) groups is 1. The first-order chi connectivity index (χ1) is 11.6. The molecule has 1 aliphatic carbocycles. The highest BCUT2D eigenvalue weighted by molar-refractivity contribution is 6.07. The summed E-state index contributed by atoms with van der Waals surface area (Å²) in [4.78, 5) is 17.2. The quantitative estimate of drug-likeness (QED) is 0.890. The number of rotatable bonds is 2. The predicted molar refractivity (Wildman–Crippen MR) is 95.8 cm³/mol. The van der Waals surface area contributed by atoms with Gasteiger partial charge in [-0.2, -0.15) is 0 Å². The van der Waals surface area contributed by atoms with Gasteiger partial charge >= 0.3 is 0 Å². The van der Waals surface area contributed by atoms with Crippen LogP contribution in [-0.4, -0.2) is 11.9 Å². The van der Waals surface area contributed by atoms with E-state index in [1.54, 1.807) is 0 Å². The summed E-state index contributed by atoms with van der Waals surface area (Å²) in [6.07, 6.45) is 0. The van der Waals surface area contributed by atoms with Crippen LogP contribution in [0.5, 0.6) is 0 Å². The highest BCUT2D eigenvalue weighted by Crippen LogP contribution is 2.64. The Balaban J connectivity index is 1.47. The molecule has 4 heteroatoms. The van der Waals surface area contributed by atoms with Crippen molar-refractivity contribution in [3.8, 4) is 0 Å². The Morgan fingerprint density at radius 1 is 1.12 bits per heavy atom. The summed E-state index contributed by atoms with van der Waals surface area (Å²) in [5.74, 6) is 0.824. The van der Waals surface area contributed by atoms with E-state index < -0.39 is 0 Å². The van der Waals surface area contributed by atoms with Crippen LogP contribution in [0, 0.1) is 11.3 Å². The molecule has 2 aromatic rings. The average Bonchev–Trinajstić information content (AvgIpc) is 3.18. The summed E-state index contributed by atoms with van der Waals surface area (Å²) in [5.41, 5.74) is 3.35. The second-order valence-electron chi connectivity index (χ2n) is 7.12. The van der Waals surface area contributed by atoms with Gasteiger partial charge in [-0.05, 0) is 22.6 Å². The summed E-state index contributed by atoms with van der Waals surface area (Å²) in [6, 6.07) is 18.3. The molecule has 1 fully saturated rings. The van der Waals surface area contributed by atoms with Gasteiger partial charge < -0.3 is 5.32 Å². The first-order valence-electron chi connectivity index (χ1n) is 8.32. The fourth-order valence-corrected chi connectivity index (χ4v) is 3.79. The molecule has 0 spiro atoms. The Labute approximate surface area is 142 Å². The molecule has 0 saturated heterocycles. The van der Waals surface area contributed by atoms with Gasteiger partial charge in [-0.3, -0.25) is 10.1 Å². The molecular weight excluding hydrogens is 298 g/mol. The molecule has 2 aliphatic rings. The van der Waals surface area contributed by atoms with Gasteiger partial charge in [0.15, 0.2) is 0 Å². The second kappa shape index (κ2) is 5.48. The van der Waals surface area contributed by atoms with Gasteiger partial charge in [0.05, 0.1) is 12.5 Å². The summed E-state index contributed by atoms with van der Waals surface area (Å²) in [5, 5.41) is 6.19. The Morgan fingerprint density at radius 2 is 1.83 bits per heavy atom. The Bertz CT molecular complexity index is 811. The van der Waals surface area contributed by atoms with E-state index in [0.717, 1.165) is 11.3 Å². The molecule has 24 heavy (non-hydrogen) atoms. The third kappa shape index (κ3) is 2.48. The van der Waals surface area contributed by atoms with Crippen LogP contribution in [0.1, 0.15) is 30.9 Å². The Morgan fingerprint density at radius 3 is 2.62 bits per heavy atom. The monoisotopic (exact) mass is 319 g/mol. The summed E-state index contributed by atoms with van der Waals surface area (Å²) >= 11 is 0. The topological polar surface area (TPSA) is 53.5 Å². The maximum Gasteiger partial charge on any atom is 0.230 e. The van der Waals surface area contributed by atoms with Crippen LogP contribution in [-0.2, 0) is 11.3 Å². The molecule has 1 heterocycles. The number of para-hydroxylation sites is 1. The van der Waals surface area contributed by atoms with Crippen LogP contribution in [0.25, 0.3) is 0 Å². The zero-order chi connectivity index (χ0) is 16.7. The van der Waals surface area contributed by atoms with E-state index in [-0.39, 0.29) is 23.2 Å². The van der Waals surface area contributed by atoms with Crippen LogP contribution < -0.4 is 10.6 Å². The van der Waals surface area contributed by atoms with Crippen molar-refractivity contribution in [2.75, 3.05) is 5.32 Å². The van der Waals surface area contributed by atoms with Crippen molar-refractivity contribution >= 4 is 17.6 Å². The van der Waals surface area contributed by atoms with E-state index in [1.807, 2.05) is 42.5 Å². The van der Waals surface area contributed by atoms with Crippen LogP contribution in [0.4, 0.5) is 5.69 Å². The van der Waals surface area contributed by atoms with E-state index in [4.69, 9.17) is 0 Å². The summed E-state index contributed by atoms with van der Waals surface area (Å²) in [6.45, 7) is 4.90. The zero-order valence-corrected chi connectivity index (χ0v) is 13.9. The Kier molecular flexibility index (Phi) is 3.41. The molecule has 2 unspecified atom stereocenters. The number of guanidine groups is 1. The Hall–Kier alpha value is -2.62. The smallest absolute Gasteiger partial charge is 0.230 e. The van der Waals surface area contributed by atoms with Crippen LogP contribution >= 0.6 is 0 Å². The number of amides is 1. The number of benzene rings is 2. The first kappa shape index (κ1) is 14.9. The third-order valence-electron chi connectivity index (χ3n) is 5.19. The van der Waals surface area contributed by atoms with E-state index in [0.29, 0.717) is 12.5 Å². The summed E-state index contributed by atoms with van der Waals surface area (Å²) < 4.78 is 0. The standard InChI is InChI=1S/C20H21N3O/c1-20(2)16(13-8-4-3-5-9-13)17(20)18(24)23-19-21-12-14-10-6-7-11-15(14)22-19/h3-11,16-17H,12H2,1-2H3,(H2,21,22,23,24). The molecule has 2 aromatic carbocycles. The SMILES string of the molecule is CC1(C)C(C(=O)NC2=NCc3ccccc3N2)C1c1ccccc1. The minimum Gasteiger partial charge on any atom is -0.326 e. The van der Waals surface area contributed by atoms with Crippen LogP contribution in [0.15, 0.2) is 59.6 Å². The normalized spacial score (nSPS) is 23.5. The van der Waals surface area contributed by atoms with Gasteiger partial charge in [0.1, 0.15) is 0 Å². The lowest BCUT2D eigenvalue weighted by molar-refractivity contribution is -0.121. The number of carbonyl (C=O) groups is 1. The third-order valence-corrected chi connectivity index (χ3v) is 5.19. The fourth-order valence-electron chi connectivity index (χ4n) is 3.79. The highest BCUT2D eigenvalue weighted by atomic mass is 16.2. The van der Waals surface area contributed by atoms with Crippen molar-refractivity contribution in [2.24, 2.45) is 16.3 Å². The minimum absolute atomic E-state index is 0.0263. The van der Waals surface area contributed by atoms with Crippen LogP contribution in [0.2, 0.25) is 0 Å². The van der Waals surface area contributed by atoms with Gasteiger partial charge in [-0.1, -0.05) is 62.4 Å². The second-order valence-corrected chi connectivity index (χ2v) is 7.12. The number of anilines is 1. The molecule has 2 N–H and O–H groups in total. The van der Waals surface area contributed by atoms with Crippen molar-refractivity contribution in [3.05, 3.63) is 65.7 Å². The van der Waals surface area contributed by atoms with Gasteiger partial charge in [0.25, 0.3) is 0 Å². The zero-order valence-electron chi connectivity index (χ0n) is 13.9. The highest BCUT2D eigenvalue weighted by Gasteiger charge is 2.62. The van der Waals surface area contributed by atoms with Crippen molar-refractivity contribution in [1.29, 1.82) is 0 Å².